The van der Waals surface area contributed by atoms with Crippen LogP contribution in [-0.4, -0.2) is 11.7 Å². The van der Waals surface area contributed by atoms with Gasteiger partial charge in [0.25, 0.3) is 0 Å². The Morgan fingerprint density at radius 1 is 1.09 bits per heavy atom. The van der Waals surface area contributed by atoms with Crippen molar-refractivity contribution in [1.82, 2.24) is 0 Å². The standard InChI is InChI=1S/C19H35NO2/c1-13(2)12-16(17(21)19(3,4)5)15(18(20)22)11-10-14-8-6-7-9-14/h13-16H,6-12H2,1-5H3,(H2,20,22)/t15-,16+/m0/s1. The van der Waals surface area contributed by atoms with E-state index in [1.165, 1.54) is 25.7 Å². The van der Waals surface area contributed by atoms with Crippen LogP contribution in [0.1, 0.15) is 79.6 Å². The second kappa shape index (κ2) is 8.12. The summed E-state index contributed by atoms with van der Waals surface area (Å²) < 4.78 is 0. The summed E-state index contributed by atoms with van der Waals surface area (Å²) in [5.41, 5.74) is 5.27. The van der Waals surface area contributed by atoms with E-state index in [2.05, 4.69) is 13.8 Å². The molecule has 0 bridgehead atoms. The first-order valence-electron chi connectivity index (χ1n) is 8.96. The summed E-state index contributed by atoms with van der Waals surface area (Å²) in [5, 5.41) is 0. The van der Waals surface area contributed by atoms with Crippen LogP contribution in [0.15, 0.2) is 0 Å². The number of primary amides is 1. The van der Waals surface area contributed by atoms with E-state index in [1.54, 1.807) is 0 Å². The van der Waals surface area contributed by atoms with Gasteiger partial charge in [-0.1, -0.05) is 60.3 Å². The molecule has 0 saturated heterocycles. The Kier molecular flexibility index (Phi) is 7.08. The van der Waals surface area contributed by atoms with Gasteiger partial charge in [-0.15, -0.1) is 0 Å². The van der Waals surface area contributed by atoms with Gasteiger partial charge in [0.05, 0.1) is 0 Å². The molecule has 1 aliphatic carbocycles. The first-order valence-corrected chi connectivity index (χ1v) is 8.96. The van der Waals surface area contributed by atoms with Gasteiger partial charge in [0.15, 0.2) is 0 Å². The highest BCUT2D eigenvalue weighted by molar-refractivity contribution is 5.91. The molecule has 0 aromatic heterocycles. The van der Waals surface area contributed by atoms with Gasteiger partial charge in [-0.3, -0.25) is 9.59 Å². The lowest BCUT2D eigenvalue weighted by Gasteiger charge is -2.31. The molecule has 1 saturated carbocycles. The van der Waals surface area contributed by atoms with E-state index in [1.807, 2.05) is 20.8 Å². The number of carbonyl (C=O) groups is 2. The molecule has 2 atom stereocenters. The van der Waals surface area contributed by atoms with Gasteiger partial charge in [-0.25, -0.2) is 0 Å². The van der Waals surface area contributed by atoms with Gasteiger partial charge in [-0.2, -0.15) is 0 Å². The van der Waals surface area contributed by atoms with Gasteiger partial charge in [0.2, 0.25) is 5.91 Å². The number of ketones is 1. The molecule has 1 rings (SSSR count). The topological polar surface area (TPSA) is 60.2 Å². The fraction of sp³-hybridized carbons (Fsp3) is 0.895. The van der Waals surface area contributed by atoms with Crippen molar-refractivity contribution < 1.29 is 9.59 Å². The second-order valence-electron chi connectivity index (χ2n) is 8.59. The van der Waals surface area contributed by atoms with Crippen molar-refractivity contribution in [2.24, 2.45) is 34.8 Å². The molecule has 0 aromatic carbocycles. The third-order valence-corrected chi connectivity index (χ3v) is 5.01. The van der Waals surface area contributed by atoms with Gasteiger partial charge in [-0.05, 0) is 31.1 Å². The molecule has 1 fully saturated rings. The van der Waals surface area contributed by atoms with Crippen LogP contribution in [0.25, 0.3) is 0 Å². The maximum atomic E-state index is 12.8. The smallest absolute Gasteiger partial charge is 0.221 e. The highest BCUT2D eigenvalue weighted by Crippen LogP contribution is 2.35. The Bertz CT molecular complexity index is 375. The first-order chi connectivity index (χ1) is 10.1. The largest absolute Gasteiger partial charge is 0.369 e. The molecule has 1 aliphatic rings. The SMILES string of the molecule is CC(C)C[C@@H](C(=O)C(C)(C)C)[C@H](CCC1CCCC1)C(N)=O. The van der Waals surface area contributed by atoms with E-state index in [0.717, 1.165) is 25.2 Å². The fourth-order valence-electron chi connectivity index (χ4n) is 3.77. The summed E-state index contributed by atoms with van der Waals surface area (Å²) in [4.78, 5) is 24.9. The number of hydrogen-bond acceptors (Lipinski definition) is 2. The summed E-state index contributed by atoms with van der Waals surface area (Å²) in [6.45, 7) is 10.0. The molecule has 1 amide bonds. The van der Waals surface area contributed by atoms with Gasteiger partial charge in [0.1, 0.15) is 5.78 Å². The predicted molar refractivity (Wildman–Crippen MR) is 91.3 cm³/mol. The molecule has 0 unspecified atom stereocenters. The molecule has 0 radical (unpaired) electrons. The maximum Gasteiger partial charge on any atom is 0.221 e. The number of hydrogen-bond donors (Lipinski definition) is 1. The summed E-state index contributed by atoms with van der Waals surface area (Å²) in [7, 11) is 0. The van der Waals surface area contributed by atoms with Crippen molar-refractivity contribution in [3.8, 4) is 0 Å². The molecule has 128 valence electrons. The molecule has 0 aromatic rings. The molecule has 3 nitrogen and oxygen atoms in total. The van der Waals surface area contributed by atoms with Gasteiger partial charge in [0, 0.05) is 17.3 Å². The van der Waals surface area contributed by atoms with Crippen molar-refractivity contribution >= 4 is 11.7 Å². The summed E-state index contributed by atoms with van der Waals surface area (Å²) in [5.74, 6) is 0.502. The number of nitrogens with two attached hydrogens (primary N) is 1. The molecule has 22 heavy (non-hydrogen) atoms. The van der Waals surface area contributed by atoms with Crippen LogP contribution in [0.2, 0.25) is 0 Å². The molecular weight excluding hydrogens is 274 g/mol. The maximum absolute atomic E-state index is 12.8. The first kappa shape index (κ1) is 19.2. The zero-order valence-corrected chi connectivity index (χ0v) is 15.2. The van der Waals surface area contributed by atoms with E-state index >= 15 is 0 Å². The summed E-state index contributed by atoms with van der Waals surface area (Å²) >= 11 is 0. The monoisotopic (exact) mass is 309 g/mol. The number of Topliss-reactive ketones (excluding diaryl/α,β-unsaturated/α-hetero) is 1. The lowest BCUT2D eigenvalue weighted by Crippen LogP contribution is -2.40. The minimum atomic E-state index is -0.416. The highest BCUT2D eigenvalue weighted by atomic mass is 16.1. The Morgan fingerprint density at radius 3 is 2.05 bits per heavy atom. The third kappa shape index (κ3) is 5.73. The van der Waals surface area contributed by atoms with Crippen molar-refractivity contribution in [3.63, 3.8) is 0 Å². The van der Waals surface area contributed by atoms with E-state index in [-0.39, 0.29) is 23.5 Å². The van der Waals surface area contributed by atoms with Crippen LogP contribution in [0.3, 0.4) is 0 Å². The molecule has 0 heterocycles. The average Bonchev–Trinajstić information content (AvgIpc) is 2.88. The zero-order valence-electron chi connectivity index (χ0n) is 15.2. The Labute approximate surface area is 136 Å². The minimum absolute atomic E-state index is 0.191. The lowest BCUT2D eigenvalue weighted by atomic mass is 9.72. The van der Waals surface area contributed by atoms with Crippen LogP contribution in [0, 0.1) is 29.1 Å². The van der Waals surface area contributed by atoms with Gasteiger partial charge < -0.3 is 5.73 Å². The second-order valence-corrected chi connectivity index (χ2v) is 8.59. The summed E-state index contributed by atoms with van der Waals surface area (Å²) in [6.07, 6.45) is 7.73. The zero-order chi connectivity index (χ0) is 16.9. The van der Waals surface area contributed by atoms with E-state index in [9.17, 15) is 9.59 Å². The van der Waals surface area contributed by atoms with Crippen LogP contribution in [-0.2, 0) is 9.59 Å². The van der Waals surface area contributed by atoms with Crippen LogP contribution >= 0.6 is 0 Å². The fourth-order valence-corrected chi connectivity index (χ4v) is 3.77. The predicted octanol–water partition coefficient (Wildman–Crippen LogP) is 4.34. The molecular formula is C19H35NO2. The number of carbonyl (C=O) groups excluding carboxylic acids is 2. The average molecular weight is 309 g/mol. The Morgan fingerprint density at radius 2 is 1.64 bits per heavy atom. The van der Waals surface area contributed by atoms with E-state index < -0.39 is 5.41 Å². The van der Waals surface area contributed by atoms with Gasteiger partial charge >= 0.3 is 0 Å². The van der Waals surface area contributed by atoms with Crippen LogP contribution in [0.5, 0.6) is 0 Å². The molecule has 0 spiro atoms. The Balaban J connectivity index is 2.83. The normalized spacial score (nSPS) is 19.4. The summed E-state index contributed by atoms with van der Waals surface area (Å²) in [6, 6.07) is 0. The van der Waals surface area contributed by atoms with Crippen molar-refractivity contribution in [2.75, 3.05) is 0 Å². The Hall–Kier alpha value is -0.860. The van der Waals surface area contributed by atoms with E-state index in [0.29, 0.717) is 5.92 Å². The quantitative estimate of drug-likeness (QED) is 0.725. The molecule has 2 N–H and O–H groups in total. The van der Waals surface area contributed by atoms with Crippen molar-refractivity contribution in [3.05, 3.63) is 0 Å². The minimum Gasteiger partial charge on any atom is -0.369 e. The third-order valence-electron chi connectivity index (χ3n) is 5.01. The number of rotatable bonds is 8. The lowest BCUT2D eigenvalue weighted by molar-refractivity contribution is -0.138. The molecule has 3 heteroatoms. The van der Waals surface area contributed by atoms with Crippen molar-refractivity contribution in [2.45, 2.75) is 79.6 Å². The van der Waals surface area contributed by atoms with E-state index in [4.69, 9.17) is 5.73 Å². The van der Waals surface area contributed by atoms with Crippen molar-refractivity contribution in [1.29, 1.82) is 0 Å². The highest BCUT2D eigenvalue weighted by Gasteiger charge is 2.38. The molecule has 0 aliphatic heterocycles. The number of amides is 1. The van der Waals surface area contributed by atoms with Crippen LogP contribution in [0.4, 0.5) is 0 Å². The van der Waals surface area contributed by atoms with Crippen LogP contribution < -0.4 is 5.73 Å².